The molecule has 110 valence electrons. The van der Waals surface area contributed by atoms with Gasteiger partial charge in [0, 0.05) is 12.1 Å². The minimum atomic E-state index is -1.20. The molecule has 0 aliphatic heterocycles. The summed E-state index contributed by atoms with van der Waals surface area (Å²) in [7, 11) is 0. The molecule has 0 saturated carbocycles. The molecule has 1 heterocycles. The van der Waals surface area contributed by atoms with E-state index in [1.54, 1.807) is 44.2 Å². The molecule has 1 atom stereocenters. The minimum absolute atomic E-state index is 0.0225. The van der Waals surface area contributed by atoms with Crippen molar-refractivity contribution in [3.8, 4) is 0 Å². The summed E-state index contributed by atoms with van der Waals surface area (Å²) in [4.78, 5) is 23.6. The van der Waals surface area contributed by atoms with Gasteiger partial charge in [-0.2, -0.15) is 0 Å². The molecule has 2 N–H and O–H groups in total. The lowest BCUT2D eigenvalue weighted by Crippen LogP contribution is -2.44. The summed E-state index contributed by atoms with van der Waals surface area (Å²) < 4.78 is 5.10. The number of carbonyl (C=O) groups is 2. The van der Waals surface area contributed by atoms with E-state index in [0.29, 0.717) is 11.1 Å². The maximum atomic E-state index is 12.0. The van der Waals surface area contributed by atoms with Gasteiger partial charge in [0.05, 0.1) is 6.26 Å². The number of benzene rings is 1. The van der Waals surface area contributed by atoms with Gasteiger partial charge < -0.3 is 14.8 Å². The second-order valence-electron chi connectivity index (χ2n) is 5.12. The Morgan fingerprint density at radius 2 is 1.90 bits per heavy atom. The van der Waals surface area contributed by atoms with Crippen LogP contribution in [0.15, 0.2) is 47.1 Å². The molecule has 2 aromatic rings. The largest absolute Gasteiger partial charge is 0.481 e. The average molecular weight is 287 g/mol. The van der Waals surface area contributed by atoms with Crippen LogP contribution in [0.1, 0.15) is 28.6 Å². The first-order chi connectivity index (χ1) is 9.95. The van der Waals surface area contributed by atoms with E-state index in [2.05, 4.69) is 5.32 Å². The van der Waals surface area contributed by atoms with Crippen LogP contribution in [0.3, 0.4) is 0 Å². The lowest BCUT2D eigenvalue weighted by atomic mass is 9.82. The Morgan fingerprint density at radius 1 is 1.24 bits per heavy atom. The van der Waals surface area contributed by atoms with Gasteiger partial charge in [-0.1, -0.05) is 30.3 Å². The first kappa shape index (κ1) is 14.8. The summed E-state index contributed by atoms with van der Waals surface area (Å²) in [6.45, 7) is 3.32. The summed E-state index contributed by atoms with van der Waals surface area (Å²) in [5.41, 5.74) is 0.149. The molecule has 5 nitrogen and oxygen atoms in total. The van der Waals surface area contributed by atoms with Crippen molar-refractivity contribution in [3.63, 3.8) is 0 Å². The molecule has 0 radical (unpaired) electrons. The highest BCUT2D eigenvalue weighted by molar-refractivity contribution is 5.93. The topological polar surface area (TPSA) is 79.5 Å². The van der Waals surface area contributed by atoms with Crippen LogP contribution in [-0.2, 0) is 10.2 Å². The molecule has 1 unspecified atom stereocenters. The number of aliphatic carboxylic acids is 1. The van der Waals surface area contributed by atoms with Crippen molar-refractivity contribution in [3.05, 3.63) is 59.5 Å². The normalized spacial score (nSPS) is 13.4. The highest BCUT2D eigenvalue weighted by Crippen LogP contribution is 2.23. The maximum Gasteiger partial charge on any atom is 0.315 e. The van der Waals surface area contributed by atoms with Gasteiger partial charge in [-0.25, -0.2) is 0 Å². The zero-order valence-corrected chi connectivity index (χ0v) is 11.9. The Labute approximate surface area is 122 Å². The minimum Gasteiger partial charge on any atom is -0.481 e. The standard InChI is InChI=1S/C16H17NO4/c1-11-8-9-21-13(11)14(18)17-10-16(2,15(19)20)12-6-4-3-5-7-12/h3-9H,10H2,1-2H3,(H,17,18)(H,19,20). The van der Waals surface area contributed by atoms with Crippen LogP contribution in [0.5, 0.6) is 0 Å². The lowest BCUT2D eigenvalue weighted by Gasteiger charge is -2.25. The molecule has 5 heteroatoms. The van der Waals surface area contributed by atoms with Gasteiger partial charge in [-0.05, 0) is 25.5 Å². The van der Waals surface area contributed by atoms with Crippen LogP contribution >= 0.6 is 0 Å². The van der Waals surface area contributed by atoms with Gasteiger partial charge in [0.25, 0.3) is 5.91 Å². The number of aryl methyl sites for hydroxylation is 1. The van der Waals surface area contributed by atoms with E-state index in [-0.39, 0.29) is 12.3 Å². The van der Waals surface area contributed by atoms with Gasteiger partial charge in [0.2, 0.25) is 0 Å². The average Bonchev–Trinajstić information content (AvgIpc) is 2.91. The van der Waals surface area contributed by atoms with Gasteiger partial charge in [-0.15, -0.1) is 0 Å². The van der Waals surface area contributed by atoms with E-state index in [1.807, 2.05) is 6.07 Å². The van der Waals surface area contributed by atoms with Crippen LogP contribution in [0, 0.1) is 6.92 Å². The SMILES string of the molecule is Cc1ccoc1C(=O)NCC(C)(C(=O)O)c1ccccc1. The van der Waals surface area contributed by atoms with Crippen LogP contribution in [0.25, 0.3) is 0 Å². The summed E-state index contributed by atoms with van der Waals surface area (Å²) in [5, 5.41) is 12.1. The number of nitrogens with one attached hydrogen (secondary N) is 1. The molecule has 0 aliphatic rings. The summed E-state index contributed by atoms with van der Waals surface area (Å²) >= 11 is 0. The van der Waals surface area contributed by atoms with E-state index >= 15 is 0 Å². The fourth-order valence-corrected chi connectivity index (χ4v) is 2.05. The van der Waals surface area contributed by atoms with Gasteiger partial charge in [0.15, 0.2) is 5.76 Å². The van der Waals surface area contributed by atoms with Crippen LogP contribution < -0.4 is 5.32 Å². The quantitative estimate of drug-likeness (QED) is 0.884. The molecule has 21 heavy (non-hydrogen) atoms. The highest BCUT2D eigenvalue weighted by atomic mass is 16.4. The smallest absolute Gasteiger partial charge is 0.315 e. The van der Waals surface area contributed by atoms with Gasteiger partial charge >= 0.3 is 5.97 Å². The molecular weight excluding hydrogens is 270 g/mol. The number of rotatable bonds is 5. The summed E-state index contributed by atoms with van der Waals surface area (Å²) in [6, 6.07) is 10.5. The molecule has 0 bridgehead atoms. The Balaban J connectivity index is 2.17. The number of carboxylic acids is 1. The second-order valence-corrected chi connectivity index (χ2v) is 5.12. The summed E-state index contributed by atoms with van der Waals surface area (Å²) in [5.74, 6) is -1.21. The number of hydrogen-bond acceptors (Lipinski definition) is 3. The molecule has 0 fully saturated rings. The predicted molar refractivity (Wildman–Crippen MR) is 77.2 cm³/mol. The fourth-order valence-electron chi connectivity index (χ4n) is 2.05. The van der Waals surface area contributed by atoms with Crippen molar-refractivity contribution >= 4 is 11.9 Å². The van der Waals surface area contributed by atoms with E-state index < -0.39 is 17.3 Å². The third-order valence-corrected chi connectivity index (χ3v) is 3.55. The predicted octanol–water partition coefficient (Wildman–Crippen LogP) is 2.36. The molecule has 1 aromatic carbocycles. The Bertz CT molecular complexity index is 647. The highest BCUT2D eigenvalue weighted by Gasteiger charge is 2.35. The number of amides is 1. The van der Waals surface area contributed by atoms with Crippen molar-refractivity contribution in [2.45, 2.75) is 19.3 Å². The molecule has 1 aromatic heterocycles. The van der Waals surface area contributed by atoms with E-state index in [4.69, 9.17) is 4.42 Å². The number of carboxylic acid groups (broad SMARTS) is 1. The molecule has 1 amide bonds. The van der Waals surface area contributed by atoms with Gasteiger partial charge in [0.1, 0.15) is 5.41 Å². The van der Waals surface area contributed by atoms with Crippen LogP contribution in [0.4, 0.5) is 0 Å². The monoisotopic (exact) mass is 287 g/mol. The van der Waals surface area contributed by atoms with Crippen molar-refractivity contribution in [2.75, 3.05) is 6.54 Å². The Morgan fingerprint density at radius 3 is 2.43 bits per heavy atom. The van der Waals surface area contributed by atoms with E-state index in [9.17, 15) is 14.7 Å². The molecule has 0 saturated heterocycles. The zero-order valence-electron chi connectivity index (χ0n) is 11.9. The molecule has 0 spiro atoms. The van der Waals surface area contributed by atoms with Crippen molar-refractivity contribution < 1.29 is 19.1 Å². The second kappa shape index (κ2) is 5.83. The molecule has 2 rings (SSSR count). The van der Waals surface area contributed by atoms with E-state index in [0.717, 1.165) is 0 Å². The Hall–Kier alpha value is -2.56. The third kappa shape index (κ3) is 2.97. The number of furan rings is 1. The number of hydrogen-bond donors (Lipinski definition) is 2. The fraction of sp³-hybridized carbons (Fsp3) is 0.250. The first-order valence-corrected chi connectivity index (χ1v) is 6.56. The summed E-state index contributed by atoms with van der Waals surface area (Å²) in [6.07, 6.45) is 1.43. The van der Waals surface area contributed by atoms with Crippen molar-refractivity contribution in [1.29, 1.82) is 0 Å². The van der Waals surface area contributed by atoms with E-state index in [1.165, 1.54) is 6.26 Å². The lowest BCUT2D eigenvalue weighted by molar-refractivity contribution is -0.142. The van der Waals surface area contributed by atoms with Crippen LogP contribution in [0.2, 0.25) is 0 Å². The molecular formula is C16H17NO4. The maximum absolute atomic E-state index is 12.0. The third-order valence-electron chi connectivity index (χ3n) is 3.55. The van der Waals surface area contributed by atoms with Gasteiger partial charge in [-0.3, -0.25) is 9.59 Å². The molecule has 0 aliphatic carbocycles. The number of carbonyl (C=O) groups excluding carboxylic acids is 1. The Kier molecular flexibility index (Phi) is 4.12. The van der Waals surface area contributed by atoms with Crippen molar-refractivity contribution in [1.82, 2.24) is 5.32 Å². The zero-order chi connectivity index (χ0) is 15.5. The van der Waals surface area contributed by atoms with Crippen LogP contribution in [-0.4, -0.2) is 23.5 Å². The van der Waals surface area contributed by atoms with Crippen molar-refractivity contribution in [2.24, 2.45) is 0 Å². The first-order valence-electron chi connectivity index (χ1n) is 6.56.